The summed E-state index contributed by atoms with van der Waals surface area (Å²) in [6, 6.07) is 32.3. The first-order chi connectivity index (χ1) is 12.3. The summed E-state index contributed by atoms with van der Waals surface area (Å²) in [5.74, 6) is 0. The molecule has 0 N–H and O–H groups in total. The third-order valence-corrected chi connectivity index (χ3v) is 4.52. The molecule has 4 rings (SSSR count). The first-order valence-electron chi connectivity index (χ1n) is 8.51. The maximum atomic E-state index is 2.19. The van der Waals surface area contributed by atoms with Gasteiger partial charge in [-0.25, -0.2) is 4.57 Å². The van der Waals surface area contributed by atoms with Crippen molar-refractivity contribution in [2.24, 2.45) is 7.05 Å². The van der Waals surface area contributed by atoms with Gasteiger partial charge in [0.25, 0.3) is 0 Å². The Morgan fingerprint density at radius 2 is 0.731 bits per heavy atom. The Morgan fingerprint density at radius 3 is 1.12 bits per heavy atom. The minimum atomic E-state index is 0. The quantitative estimate of drug-likeness (QED) is 0.335. The molecule has 0 saturated heterocycles. The number of benzene rings is 3. The van der Waals surface area contributed by atoms with Gasteiger partial charge in [-0.05, 0) is 33.4 Å². The predicted molar refractivity (Wildman–Crippen MR) is 104 cm³/mol. The van der Waals surface area contributed by atoms with E-state index in [1.54, 1.807) is 0 Å². The van der Waals surface area contributed by atoms with E-state index in [1.165, 1.54) is 33.4 Å². The first kappa shape index (κ1) is 18.3. The third-order valence-electron chi connectivity index (χ3n) is 4.52. The van der Waals surface area contributed by atoms with Crippen molar-refractivity contribution in [3.8, 4) is 33.4 Å². The number of pyridine rings is 1. The van der Waals surface area contributed by atoms with Gasteiger partial charge in [0.05, 0.1) is 0 Å². The van der Waals surface area contributed by atoms with Crippen molar-refractivity contribution in [2.45, 2.75) is 0 Å². The highest BCUT2D eigenvalue weighted by Gasteiger charge is 2.03. The van der Waals surface area contributed by atoms with Crippen molar-refractivity contribution < 1.29 is 28.5 Å². The maximum Gasteiger partial charge on any atom is 0.169 e. The Kier molecular flexibility index (Phi) is 5.84. The van der Waals surface area contributed by atoms with Crippen LogP contribution in [-0.4, -0.2) is 0 Å². The van der Waals surface area contributed by atoms with Crippen molar-refractivity contribution in [3.05, 3.63) is 103 Å². The van der Waals surface area contributed by atoms with Gasteiger partial charge >= 0.3 is 0 Å². The van der Waals surface area contributed by atoms with Crippen LogP contribution in [0, 0.1) is 0 Å². The fourth-order valence-corrected chi connectivity index (χ4v) is 3.03. The molecule has 3 aromatic carbocycles. The average molecular weight is 449 g/mol. The van der Waals surface area contributed by atoms with E-state index in [0.29, 0.717) is 0 Å². The van der Waals surface area contributed by atoms with Gasteiger partial charge in [-0.15, -0.1) is 0 Å². The lowest BCUT2D eigenvalue weighted by Gasteiger charge is -2.06. The molecule has 0 saturated carbocycles. The van der Waals surface area contributed by atoms with Crippen LogP contribution in [-0.2, 0) is 7.05 Å². The molecule has 2 heteroatoms. The first-order valence-corrected chi connectivity index (χ1v) is 8.51. The molecule has 0 atom stereocenters. The molecule has 1 heterocycles. The topological polar surface area (TPSA) is 3.88 Å². The molecule has 1 aromatic heterocycles. The van der Waals surface area contributed by atoms with E-state index in [9.17, 15) is 0 Å². The van der Waals surface area contributed by atoms with Gasteiger partial charge in [0.2, 0.25) is 0 Å². The van der Waals surface area contributed by atoms with Gasteiger partial charge in [-0.2, -0.15) is 0 Å². The molecule has 0 amide bonds. The number of hydrogen-bond acceptors (Lipinski definition) is 0. The van der Waals surface area contributed by atoms with Crippen LogP contribution in [0.2, 0.25) is 0 Å². The molecular formula is C24H20IN. The molecule has 0 fully saturated rings. The molecule has 0 radical (unpaired) electrons. The Labute approximate surface area is 172 Å². The molecular weight excluding hydrogens is 429 g/mol. The van der Waals surface area contributed by atoms with Crippen LogP contribution in [0.1, 0.15) is 0 Å². The van der Waals surface area contributed by atoms with E-state index < -0.39 is 0 Å². The summed E-state index contributed by atoms with van der Waals surface area (Å²) in [5.41, 5.74) is 7.46. The lowest BCUT2D eigenvalue weighted by molar-refractivity contribution is -0.671. The highest BCUT2D eigenvalue weighted by molar-refractivity contribution is 5.73. The fourth-order valence-electron chi connectivity index (χ4n) is 3.03. The van der Waals surface area contributed by atoms with Gasteiger partial charge in [0, 0.05) is 12.1 Å². The molecule has 0 spiro atoms. The second-order valence-corrected chi connectivity index (χ2v) is 6.27. The Bertz CT molecular complexity index is 957. The largest absolute Gasteiger partial charge is 1.00 e. The van der Waals surface area contributed by atoms with E-state index in [4.69, 9.17) is 0 Å². The summed E-state index contributed by atoms with van der Waals surface area (Å²) < 4.78 is 2.05. The summed E-state index contributed by atoms with van der Waals surface area (Å²) in [6.45, 7) is 0. The number of halogens is 1. The van der Waals surface area contributed by atoms with Crippen LogP contribution in [0.25, 0.3) is 33.4 Å². The molecule has 0 aliphatic rings. The molecule has 0 aliphatic carbocycles. The third kappa shape index (κ3) is 4.02. The smallest absolute Gasteiger partial charge is 0.169 e. The molecule has 0 bridgehead atoms. The highest BCUT2D eigenvalue weighted by Crippen LogP contribution is 2.27. The van der Waals surface area contributed by atoms with E-state index in [-0.39, 0.29) is 24.0 Å². The van der Waals surface area contributed by atoms with Crippen molar-refractivity contribution >= 4 is 0 Å². The normalized spacial score (nSPS) is 10.2. The Morgan fingerprint density at radius 1 is 0.423 bits per heavy atom. The standard InChI is InChI=1S/C24H20N.HI/c1-25-17-15-24(16-18-25)23-13-11-22(12-14-23)21-9-7-20(8-10-21)19-5-3-2-4-6-19;/h2-18H,1H3;1H/q+1;/p-1. The maximum absolute atomic E-state index is 2.19. The average Bonchev–Trinajstić information content (AvgIpc) is 2.70. The van der Waals surface area contributed by atoms with Gasteiger partial charge in [-0.1, -0.05) is 78.9 Å². The van der Waals surface area contributed by atoms with Crippen LogP contribution in [0.5, 0.6) is 0 Å². The summed E-state index contributed by atoms with van der Waals surface area (Å²) >= 11 is 0. The summed E-state index contributed by atoms with van der Waals surface area (Å²) in [5, 5.41) is 0. The fraction of sp³-hybridized carbons (Fsp3) is 0.0417. The van der Waals surface area contributed by atoms with E-state index in [2.05, 4.69) is 97.3 Å². The molecule has 0 unspecified atom stereocenters. The summed E-state index contributed by atoms with van der Waals surface area (Å²) in [6.07, 6.45) is 4.15. The number of aryl methyl sites for hydroxylation is 1. The van der Waals surface area contributed by atoms with Gasteiger partial charge < -0.3 is 24.0 Å². The second-order valence-electron chi connectivity index (χ2n) is 6.27. The van der Waals surface area contributed by atoms with Crippen LogP contribution in [0.4, 0.5) is 0 Å². The molecule has 128 valence electrons. The SMILES string of the molecule is C[n+]1ccc(-c2ccc(-c3ccc(-c4ccccc4)cc3)cc2)cc1.[I-]. The van der Waals surface area contributed by atoms with Crippen LogP contribution < -0.4 is 28.5 Å². The van der Waals surface area contributed by atoms with E-state index >= 15 is 0 Å². The zero-order valence-electron chi connectivity index (χ0n) is 14.6. The molecule has 0 aliphatic heterocycles. The van der Waals surface area contributed by atoms with Gasteiger partial charge in [-0.3, -0.25) is 0 Å². The Balaban J connectivity index is 0.00000196. The summed E-state index contributed by atoms with van der Waals surface area (Å²) in [4.78, 5) is 0. The lowest BCUT2D eigenvalue weighted by atomic mass is 9.98. The van der Waals surface area contributed by atoms with Crippen LogP contribution >= 0.6 is 0 Å². The monoisotopic (exact) mass is 449 g/mol. The number of aromatic nitrogens is 1. The predicted octanol–water partition coefficient (Wildman–Crippen LogP) is 2.52. The second kappa shape index (κ2) is 8.28. The minimum Gasteiger partial charge on any atom is -1.00 e. The van der Waals surface area contributed by atoms with E-state index in [1.807, 2.05) is 17.7 Å². The number of hydrogen-bond donors (Lipinski definition) is 0. The van der Waals surface area contributed by atoms with Crippen LogP contribution in [0.3, 0.4) is 0 Å². The molecule has 26 heavy (non-hydrogen) atoms. The van der Waals surface area contributed by atoms with E-state index in [0.717, 1.165) is 0 Å². The minimum absolute atomic E-state index is 0. The van der Waals surface area contributed by atoms with Crippen molar-refractivity contribution in [1.82, 2.24) is 0 Å². The van der Waals surface area contributed by atoms with Gasteiger partial charge in [0.1, 0.15) is 7.05 Å². The lowest BCUT2D eigenvalue weighted by Crippen LogP contribution is -3.00. The van der Waals surface area contributed by atoms with Crippen molar-refractivity contribution in [1.29, 1.82) is 0 Å². The van der Waals surface area contributed by atoms with Crippen molar-refractivity contribution in [2.75, 3.05) is 0 Å². The number of rotatable bonds is 3. The highest BCUT2D eigenvalue weighted by atomic mass is 127. The zero-order chi connectivity index (χ0) is 17.1. The van der Waals surface area contributed by atoms with Crippen molar-refractivity contribution in [3.63, 3.8) is 0 Å². The number of nitrogens with zero attached hydrogens (tertiary/aromatic N) is 1. The molecule has 1 nitrogen and oxygen atoms in total. The van der Waals surface area contributed by atoms with Crippen LogP contribution in [0.15, 0.2) is 103 Å². The van der Waals surface area contributed by atoms with Gasteiger partial charge in [0.15, 0.2) is 12.4 Å². The molecule has 4 aromatic rings. The summed E-state index contributed by atoms with van der Waals surface area (Å²) in [7, 11) is 2.03. The Hall–Kier alpha value is -2.46. The zero-order valence-corrected chi connectivity index (χ0v) is 16.8.